The number of nitrogens with one attached hydrogen (secondary N) is 3. The van der Waals surface area contributed by atoms with E-state index in [2.05, 4.69) is 20.9 Å². The minimum Gasteiger partial charge on any atom is -0.493 e. The van der Waals surface area contributed by atoms with Crippen LogP contribution in [0.3, 0.4) is 0 Å². The SMILES string of the molecule is COc1cc2ccc1O[C@@H]1CN[C@@H](C1)C(=O)NCCCCN(C(=O)c1ccc(Cl)cn1)CCCNC(=O)CC2.Cl. The minimum absolute atomic E-state index is 0. The van der Waals surface area contributed by atoms with Crippen LogP contribution in [0.4, 0.5) is 0 Å². The summed E-state index contributed by atoms with van der Waals surface area (Å²) < 4.78 is 11.7. The van der Waals surface area contributed by atoms with Crippen LogP contribution in [0, 0.1) is 0 Å². The molecule has 1 saturated heterocycles. The Bertz CT molecular complexity index is 1150. The molecule has 4 bridgehead atoms. The summed E-state index contributed by atoms with van der Waals surface area (Å²) in [5.74, 6) is 0.929. The van der Waals surface area contributed by atoms with Crippen LogP contribution >= 0.6 is 24.0 Å². The molecule has 40 heavy (non-hydrogen) atoms. The van der Waals surface area contributed by atoms with Gasteiger partial charge in [-0.2, -0.15) is 0 Å². The fraction of sp³-hybridized carbons (Fsp3) is 0.500. The Morgan fingerprint density at radius 3 is 2.65 bits per heavy atom. The van der Waals surface area contributed by atoms with Gasteiger partial charge in [0.25, 0.3) is 5.91 Å². The van der Waals surface area contributed by atoms with Crippen molar-refractivity contribution < 1.29 is 23.9 Å². The fourth-order valence-corrected chi connectivity index (χ4v) is 4.83. The summed E-state index contributed by atoms with van der Waals surface area (Å²) in [6.07, 6.45) is 4.78. The zero-order valence-corrected chi connectivity index (χ0v) is 24.2. The molecule has 5 rings (SSSR count). The van der Waals surface area contributed by atoms with E-state index in [1.807, 2.05) is 18.2 Å². The number of hydrogen-bond donors (Lipinski definition) is 3. The first-order chi connectivity index (χ1) is 18.9. The Hall–Kier alpha value is -3.08. The number of carbonyl (C=O) groups excluding carboxylic acids is 3. The number of aromatic nitrogens is 1. The number of benzene rings is 1. The second kappa shape index (κ2) is 15.6. The summed E-state index contributed by atoms with van der Waals surface area (Å²) in [6.45, 7) is 2.51. The first-order valence-corrected chi connectivity index (χ1v) is 13.8. The van der Waals surface area contributed by atoms with Crippen LogP contribution in [0.2, 0.25) is 5.02 Å². The number of rotatable bonds is 2. The average Bonchev–Trinajstić information content (AvgIpc) is 3.41. The number of methoxy groups -OCH3 is 1. The molecule has 0 saturated carbocycles. The molecule has 0 aliphatic carbocycles. The monoisotopic (exact) mass is 593 g/mol. The van der Waals surface area contributed by atoms with Crippen molar-refractivity contribution in [3.05, 3.63) is 52.8 Å². The van der Waals surface area contributed by atoms with E-state index >= 15 is 0 Å². The summed E-state index contributed by atoms with van der Waals surface area (Å²) in [7, 11) is 1.59. The highest BCUT2D eigenvalue weighted by atomic mass is 35.5. The molecule has 218 valence electrons. The zero-order chi connectivity index (χ0) is 27.6. The average molecular weight is 595 g/mol. The van der Waals surface area contributed by atoms with Crippen molar-refractivity contribution in [2.45, 2.75) is 50.7 Å². The second-order valence-corrected chi connectivity index (χ2v) is 10.2. The zero-order valence-electron chi connectivity index (χ0n) is 22.6. The minimum atomic E-state index is -0.328. The van der Waals surface area contributed by atoms with E-state index in [1.54, 1.807) is 24.1 Å². The van der Waals surface area contributed by atoms with Gasteiger partial charge in [-0.25, -0.2) is 4.98 Å². The Kier molecular flexibility index (Phi) is 12.3. The highest BCUT2D eigenvalue weighted by molar-refractivity contribution is 6.30. The highest BCUT2D eigenvalue weighted by Crippen LogP contribution is 2.30. The Morgan fingerprint density at radius 2 is 1.88 bits per heavy atom. The lowest BCUT2D eigenvalue weighted by molar-refractivity contribution is -0.123. The van der Waals surface area contributed by atoms with Gasteiger partial charge >= 0.3 is 0 Å². The van der Waals surface area contributed by atoms with Crippen LogP contribution in [-0.2, 0) is 16.0 Å². The molecule has 1 aromatic carbocycles. The highest BCUT2D eigenvalue weighted by Gasteiger charge is 2.31. The summed E-state index contributed by atoms with van der Waals surface area (Å²) >= 11 is 5.93. The number of fused-ring (bicyclic) bond motifs is 15. The Balaban J connectivity index is 0.00000441. The van der Waals surface area contributed by atoms with Gasteiger partial charge in [-0.15, -0.1) is 12.4 Å². The van der Waals surface area contributed by atoms with E-state index in [-0.39, 0.29) is 42.3 Å². The molecular formula is C28H37Cl2N5O5. The van der Waals surface area contributed by atoms with Gasteiger partial charge in [-0.3, -0.25) is 14.4 Å². The van der Waals surface area contributed by atoms with Crippen molar-refractivity contribution in [1.29, 1.82) is 0 Å². The molecule has 2 aromatic rings. The van der Waals surface area contributed by atoms with Gasteiger partial charge in [-0.1, -0.05) is 17.7 Å². The third-order valence-corrected chi connectivity index (χ3v) is 7.11. The van der Waals surface area contributed by atoms with Crippen molar-refractivity contribution >= 4 is 41.7 Å². The Labute approximate surface area is 245 Å². The van der Waals surface area contributed by atoms with E-state index < -0.39 is 0 Å². The second-order valence-electron chi connectivity index (χ2n) is 9.78. The summed E-state index contributed by atoms with van der Waals surface area (Å²) in [4.78, 5) is 44.2. The summed E-state index contributed by atoms with van der Waals surface area (Å²) in [5, 5.41) is 9.64. The lowest BCUT2D eigenvalue weighted by Gasteiger charge is -2.23. The molecule has 4 heterocycles. The molecule has 12 heteroatoms. The van der Waals surface area contributed by atoms with Crippen molar-refractivity contribution in [3.63, 3.8) is 0 Å². The maximum absolute atomic E-state index is 13.1. The maximum Gasteiger partial charge on any atom is 0.272 e. The molecule has 1 fully saturated rings. The van der Waals surface area contributed by atoms with Crippen molar-refractivity contribution in [1.82, 2.24) is 25.8 Å². The van der Waals surface area contributed by atoms with Gasteiger partial charge in [0, 0.05) is 51.8 Å². The molecule has 3 N–H and O–H groups in total. The van der Waals surface area contributed by atoms with Crippen LogP contribution in [0.25, 0.3) is 0 Å². The number of amides is 3. The van der Waals surface area contributed by atoms with Gasteiger partial charge in [0.1, 0.15) is 11.8 Å². The number of pyridine rings is 1. The van der Waals surface area contributed by atoms with Gasteiger partial charge in [0.05, 0.1) is 18.2 Å². The van der Waals surface area contributed by atoms with Crippen LogP contribution in [0.15, 0.2) is 36.5 Å². The smallest absolute Gasteiger partial charge is 0.272 e. The molecule has 1 aromatic heterocycles. The number of nitrogens with zero attached hydrogens (tertiary/aromatic N) is 2. The summed E-state index contributed by atoms with van der Waals surface area (Å²) in [6, 6.07) is 8.59. The van der Waals surface area contributed by atoms with Crippen LogP contribution in [0.5, 0.6) is 11.5 Å². The molecule has 3 amide bonds. The predicted octanol–water partition coefficient (Wildman–Crippen LogP) is 2.77. The van der Waals surface area contributed by atoms with E-state index in [0.717, 1.165) is 12.0 Å². The molecule has 2 atom stereocenters. The molecule has 0 spiro atoms. The molecule has 10 nitrogen and oxygen atoms in total. The third kappa shape index (κ3) is 8.97. The first kappa shape index (κ1) is 31.4. The topological polar surface area (TPSA) is 122 Å². The fourth-order valence-electron chi connectivity index (χ4n) is 4.72. The number of ether oxygens (including phenoxy) is 2. The largest absolute Gasteiger partial charge is 0.493 e. The van der Waals surface area contributed by atoms with Crippen molar-refractivity contribution in [2.75, 3.05) is 39.8 Å². The van der Waals surface area contributed by atoms with Crippen molar-refractivity contribution in [3.8, 4) is 11.5 Å². The number of aryl methyl sites for hydroxylation is 1. The third-order valence-electron chi connectivity index (χ3n) is 6.88. The quantitative estimate of drug-likeness (QED) is 0.489. The molecule has 0 radical (unpaired) electrons. The van der Waals surface area contributed by atoms with E-state index in [4.69, 9.17) is 21.1 Å². The van der Waals surface area contributed by atoms with Gasteiger partial charge < -0.3 is 30.3 Å². The number of halogens is 2. The number of hydrogen-bond acceptors (Lipinski definition) is 7. The molecule has 0 unspecified atom stereocenters. The Morgan fingerprint density at radius 1 is 1.07 bits per heavy atom. The standard InChI is InChI=1S/C28H36ClN5O5.ClH/c1-38-25-15-19-5-9-24(25)39-21-16-23(33-18-21)27(36)31-11-2-3-13-34(14-4-12-30-26(35)10-6-19)28(37)22-8-7-20(29)17-32-22;/h5,7-9,15,17,21,23,33H,2-4,6,10-14,16,18H2,1H3,(H,30,35)(H,31,36);1H/t21-,23-;/m0./s1. The lowest BCUT2D eigenvalue weighted by atomic mass is 10.1. The van der Waals surface area contributed by atoms with E-state index in [9.17, 15) is 14.4 Å². The predicted molar refractivity (Wildman–Crippen MR) is 154 cm³/mol. The van der Waals surface area contributed by atoms with Gasteiger partial charge in [0.15, 0.2) is 11.5 Å². The van der Waals surface area contributed by atoms with E-state index in [0.29, 0.717) is 87.0 Å². The first-order valence-electron chi connectivity index (χ1n) is 13.4. The van der Waals surface area contributed by atoms with Gasteiger partial charge in [0.2, 0.25) is 11.8 Å². The summed E-state index contributed by atoms with van der Waals surface area (Å²) in [5.41, 5.74) is 1.29. The van der Waals surface area contributed by atoms with Crippen LogP contribution in [0.1, 0.15) is 48.2 Å². The molecule has 3 aliphatic heterocycles. The lowest BCUT2D eigenvalue weighted by Crippen LogP contribution is -2.41. The van der Waals surface area contributed by atoms with Crippen LogP contribution in [-0.4, -0.2) is 79.6 Å². The van der Waals surface area contributed by atoms with Crippen LogP contribution < -0.4 is 25.4 Å². The maximum atomic E-state index is 13.1. The van der Waals surface area contributed by atoms with E-state index in [1.165, 1.54) is 6.20 Å². The normalized spacial score (nSPS) is 21.1. The molecular weight excluding hydrogens is 557 g/mol. The number of carbonyl (C=O) groups is 3. The van der Waals surface area contributed by atoms with Gasteiger partial charge in [-0.05, 0) is 55.5 Å². The van der Waals surface area contributed by atoms with Crippen molar-refractivity contribution in [2.24, 2.45) is 0 Å². The molecule has 3 aliphatic rings.